The number of nitrogens with zero attached hydrogens (tertiary/aromatic N) is 2. The summed E-state index contributed by atoms with van der Waals surface area (Å²) in [5.74, 6) is -1.88. The molecule has 1 amide bonds. The first-order valence-corrected chi connectivity index (χ1v) is 8.15. The van der Waals surface area contributed by atoms with Crippen LogP contribution in [0.3, 0.4) is 0 Å². The van der Waals surface area contributed by atoms with E-state index in [9.17, 15) is 23.7 Å². The molecule has 132 valence electrons. The number of rotatable bonds is 4. The third kappa shape index (κ3) is 3.57. The molecule has 0 saturated heterocycles. The van der Waals surface area contributed by atoms with Crippen LogP contribution in [0.5, 0.6) is 0 Å². The lowest BCUT2D eigenvalue weighted by Crippen LogP contribution is -2.11. The van der Waals surface area contributed by atoms with Crippen molar-refractivity contribution in [1.82, 2.24) is 4.98 Å². The van der Waals surface area contributed by atoms with Crippen molar-refractivity contribution in [3.05, 3.63) is 74.8 Å². The van der Waals surface area contributed by atoms with Gasteiger partial charge in [-0.15, -0.1) is 11.3 Å². The molecule has 0 bridgehead atoms. The van der Waals surface area contributed by atoms with Crippen molar-refractivity contribution in [2.24, 2.45) is 0 Å². The average molecular weight is 375 g/mol. The van der Waals surface area contributed by atoms with E-state index in [1.165, 1.54) is 18.2 Å². The van der Waals surface area contributed by atoms with Gasteiger partial charge in [-0.05, 0) is 43.3 Å². The molecule has 0 fully saturated rings. The van der Waals surface area contributed by atoms with E-state index in [0.29, 0.717) is 21.1 Å². The second-order valence-electron chi connectivity index (χ2n) is 5.32. The van der Waals surface area contributed by atoms with Crippen LogP contribution in [0.25, 0.3) is 10.6 Å². The van der Waals surface area contributed by atoms with Crippen molar-refractivity contribution >= 4 is 28.6 Å². The number of aromatic nitrogens is 1. The number of thiazole rings is 1. The molecule has 0 spiro atoms. The molecule has 26 heavy (non-hydrogen) atoms. The van der Waals surface area contributed by atoms with Gasteiger partial charge in [0, 0.05) is 17.3 Å². The SMILES string of the molecule is Cc1nc(-c2ccc(F)cc2)sc1C(=O)Nc1ccc(F)c([N+](=O)[O-])c1. The Morgan fingerprint density at radius 1 is 1.19 bits per heavy atom. The van der Waals surface area contributed by atoms with Crippen LogP contribution in [-0.2, 0) is 0 Å². The summed E-state index contributed by atoms with van der Waals surface area (Å²) in [5, 5.41) is 13.8. The van der Waals surface area contributed by atoms with Gasteiger partial charge >= 0.3 is 5.69 Å². The highest BCUT2D eigenvalue weighted by Crippen LogP contribution is 2.29. The fraction of sp³-hybridized carbons (Fsp3) is 0.0588. The van der Waals surface area contributed by atoms with Crippen LogP contribution in [0.15, 0.2) is 42.5 Å². The average Bonchev–Trinajstić information content (AvgIpc) is 2.99. The molecule has 0 aliphatic carbocycles. The summed E-state index contributed by atoms with van der Waals surface area (Å²) in [6.07, 6.45) is 0. The molecule has 0 aliphatic rings. The minimum absolute atomic E-state index is 0.0965. The van der Waals surface area contributed by atoms with Crippen molar-refractivity contribution in [2.45, 2.75) is 6.92 Å². The first-order valence-electron chi connectivity index (χ1n) is 7.34. The summed E-state index contributed by atoms with van der Waals surface area (Å²) < 4.78 is 26.4. The van der Waals surface area contributed by atoms with Gasteiger partial charge in [-0.3, -0.25) is 14.9 Å². The summed E-state index contributed by atoms with van der Waals surface area (Å²) >= 11 is 1.11. The van der Waals surface area contributed by atoms with Crippen molar-refractivity contribution in [1.29, 1.82) is 0 Å². The highest BCUT2D eigenvalue weighted by atomic mass is 32.1. The lowest BCUT2D eigenvalue weighted by Gasteiger charge is -2.04. The summed E-state index contributed by atoms with van der Waals surface area (Å²) in [7, 11) is 0. The van der Waals surface area contributed by atoms with Gasteiger partial charge in [-0.2, -0.15) is 4.39 Å². The third-order valence-corrected chi connectivity index (χ3v) is 4.70. The Hall–Kier alpha value is -3.20. The molecule has 0 saturated carbocycles. The number of nitro benzene ring substituents is 1. The number of halogens is 2. The van der Waals surface area contributed by atoms with Crippen LogP contribution >= 0.6 is 11.3 Å². The predicted molar refractivity (Wildman–Crippen MR) is 93.3 cm³/mol. The highest BCUT2D eigenvalue weighted by molar-refractivity contribution is 7.17. The van der Waals surface area contributed by atoms with E-state index in [1.807, 2.05) is 0 Å². The number of benzene rings is 2. The molecular formula is C17H11F2N3O3S. The zero-order valence-electron chi connectivity index (χ0n) is 13.3. The molecule has 6 nitrogen and oxygen atoms in total. The number of hydrogen-bond acceptors (Lipinski definition) is 5. The van der Waals surface area contributed by atoms with E-state index in [2.05, 4.69) is 10.3 Å². The molecule has 1 aromatic heterocycles. The zero-order valence-corrected chi connectivity index (χ0v) is 14.1. The molecule has 1 heterocycles. The number of nitro groups is 1. The van der Waals surface area contributed by atoms with Crippen molar-refractivity contribution in [3.8, 4) is 10.6 Å². The second-order valence-corrected chi connectivity index (χ2v) is 6.32. The largest absolute Gasteiger partial charge is 0.321 e. The quantitative estimate of drug-likeness (QED) is 0.535. The minimum atomic E-state index is -0.986. The van der Waals surface area contributed by atoms with Crippen molar-refractivity contribution in [3.63, 3.8) is 0 Å². The maximum atomic E-state index is 13.4. The van der Waals surface area contributed by atoms with Gasteiger partial charge in [0.2, 0.25) is 5.82 Å². The second kappa shape index (κ2) is 6.96. The highest BCUT2D eigenvalue weighted by Gasteiger charge is 2.19. The Labute approximate surface area is 150 Å². The number of aryl methyl sites for hydroxylation is 1. The monoisotopic (exact) mass is 375 g/mol. The summed E-state index contributed by atoms with van der Waals surface area (Å²) in [6.45, 7) is 1.64. The number of carbonyl (C=O) groups excluding carboxylic acids is 1. The van der Waals surface area contributed by atoms with Crippen molar-refractivity contribution < 1.29 is 18.5 Å². The number of anilines is 1. The van der Waals surface area contributed by atoms with Gasteiger partial charge in [0.25, 0.3) is 5.91 Å². The number of carbonyl (C=O) groups is 1. The Kier molecular flexibility index (Phi) is 4.72. The van der Waals surface area contributed by atoms with Crippen molar-refractivity contribution in [2.75, 3.05) is 5.32 Å². The molecule has 0 atom stereocenters. The summed E-state index contributed by atoms with van der Waals surface area (Å²) in [4.78, 5) is 27.0. The lowest BCUT2D eigenvalue weighted by molar-refractivity contribution is -0.387. The molecule has 0 radical (unpaired) electrons. The molecule has 1 N–H and O–H groups in total. The molecule has 0 unspecified atom stereocenters. The first-order chi connectivity index (χ1) is 12.3. The minimum Gasteiger partial charge on any atom is -0.321 e. The lowest BCUT2D eigenvalue weighted by atomic mass is 10.2. The number of nitrogens with one attached hydrogen (secondary N) is 1. The molecule has 0 aliphatic heterocycles. The van der Waals surface area contributed by atoms with E-state index in [0.717, 1.165) is 23.5 Å². The van der Waals surface area contributed by atoms with E-state index in [-0.39, 0.29) is 11.5 Å². The van der Waals surface area contributed by atoms with Gasteiger partial charge in [0.15, 0.2) is 0 Å². The maximum absolute atomic E-state index is 13.4. The molecule has 9 heteroatoms. The van der Waals surface area contributed by atoms with E-state index >= 15 is 0 Å². The van der Waals surface area contributed by atoms with Crippen LogP contribution in [0, 0.1) is 28.7 Å². The van der Waals surface area contributed by atoms with Gasteiger partial charge in [-0.1, -0.05) is 0 Å². The number of hydrogen-bond donors (Lipinski definition) is 1. The van der Waals surface area contributed by atoms with Crippen LogP contribution < -0.4 is 5.32 Å². The maximum Gasteiger partial charge on any atom is 0.306 e. The third-order valence-electron chi connectivity index (χ3n) is 3.49. The van der Waals surface area contributed by atoms with Gasteiger partial charge in [0.05, 0.1) is 10.6 Å². The summed E-state index contributed by atoms with van der Waals surface area (Å²) in [5.41, 5.74) is 0.495. The fourth-order valence-electron chi connectivity index (χ4n) is 2.24. The smallest absolute Gasteiger partial charge is 0.306 e. The summed E-state index contributed by atoms with van der Waals surface area (Å²) in [6, 6.07) is 8.79. The topological polar surface area (TPSA) is 85.1 Å². The normalized spacial score (nSPS) is 10.6. The Balaban J connectivity index is 1.86. The predicted octanol–water partition coefficient (Wildman–Crippen LogP) is 4.56. The van der Waals surface area contributed by atoms with Gasteiger partial charge in [0.1, 0.15) is 15.7 Å². The van der Waals surface area contributed by atoms with Crippen LogP contribution in [-0.4, -0.2) is 15.8 Å². The van der Waals surface area contributed by atoms with Crippen LogP contribution in [0.4, 0.5) is 20.2 Å². The number of amides is 1. The van der Waals surface area contributed by atoms with Gasteiger partial charge < -0.3 is 5.32 Å². The van der Waals surface area contributed by atoms with Crippen LogP contribution in [0.2, 0.25) is 0 Å². The Morgan fingerprint density at radius 2 is 1.88 bits per heavy atom. The molecule has 2 aromatic carbocycles. The van der Waals surface area contributed by atoms with E-state index < -0.39 is 22.3 Å². The van der Waals surface area contributed by atoms with E-state index in [1.54, 1.807) is 19.1 Å². The van der Waals surface area contributed by atoms with Crippen LogP contribution in [0.1, 0.15) is 15.4 Å². The standard InChI is InChI=1S/C17H11F2N3O3S/c1-9-15(26-17(20-9)10-2-4-11(18)5-3-10)16(23)21-12-6-7-13(19)14(8-12)22(24)25/h2-8H,1H3,(H,21,23). The molecule has 3 rings (SSSR count). The molecule has 3 aromatic rings. The van der Waals surface area contributed by atoms with Gasteiger partial charge in [-0.25, -0.2) is 9.37 Å². The Morgan fingerprint density at radius 3 is 2.54 bits per heavy atom. The zero-order chi connectivity index (χ0) is 18.8. The first kappa shape index (κ1) is 17.6. The fourth-order valence-corrected chi connectivity index (χ4v) is 3.21. The Bertz CT molecular complexity index is 1000. The molecular weight excluding hydrogens is 364 g/mol. The van der Waals surface area contributed by atoms with E-state index in [4.69, 9.17) is 0 Å².